The number of carbonyl (C=O) groups excluding carboxylic acids is 2. The number of alkyl halides is 1. The van der Waals surface area contributed by atoms with E-state index < -0.39 is 30.3 Å². The van der Waals surface area contributed by atoms with Crippen molar-refractivity contribution >= 4 is 11.9 Å². The summed E-state index contributed by atoms with van der Waals surface area (Å²) in [7, 11) is 1.23. The number of allylic oxidation sites excluding steroid dienone is 1. The quantitative estimate of drug-likeness (QED) is 0.845. The number of methoxy groups -OCH3 is 1. The molecule has 1 aromatic rings. The Morgan fingerprint density at radius 3 is 2.88 bits per heavy atom. The SMILES string of the molecule is COC(=O)C1=C(C)NC2=C(C(=O)OC2)[C@H]1c1cccc(F)c1CCF. The Morgan fingerprint density at radius 1 is 1.44 bits per heavy atom. The first-order valence-corrected chi connectivity index (χ1v) is 7.79. The van der Waals surface area contributed by atoms with Crippen molar-refractivity contribution in [2.45, 2.75) is 19.3 Å². The van der Waals surface area contributed by atoms with Crippen LogP contribution in [0.1, 0.15) is 24.0 Å². The van der Waals surface area contributed by atoms with Gasteiger partial charge < -0.3 is 14.8 Å². The predicted octanol–water partition coefficient (Wildman–Crippen LogP) is 2.28. The molecular formula is C18H17F2NO4. The number of benzene rings is 1. The fourth-order valence-electron chi connectivity index (χ4n) is 3.36. The van der Waals surface area contributed by atoms with Crippen LogP contribution in [0.4, 0.5) is 8.78 Å². The van der Waals surface area contributed by atoms with Crippen molar-refractivity contribution < 1.29 is 27.8 Å². The molecule has 0 saturated heterocycles. The lowest BCUT2D eigenvalue weighted by Gasteiger charge is -2.28. The molecule has 0 aromatic heterocycles. The highest BCUT2D eigenvalue weighted by molar-refractivity contribution is 6.01. The van der Waals surface area contributed by atoms with Gasteiger partial charge in [-0.1, -0.05) is 12.1 Å². The first-order valence-electron chi connectivity index (χ1n) is 7.79. The molecular weight excluding hydrogens is 332 g/mol. The Labute approximate surface area is 143 Å². The van der Waals surface area contributed by atoms with E-state index in [1.807, 2.05) is 0 Å². The minimum atomic E-state index is -0.865. The third-order valence-corrected chi connectivity index (χ3v) is 4.43. The third-order valence-electron chi connectivity index (χ3n) is 4.43. The molecule has 5 nitrogen and oxygen atoms in total. The topological polar surface area (TPSA) is 64.6 Å². The first-order chi connectivity index (χ1) is 12.0. The number of nitrogens with one attached hydrogen (secondary N) is 1. The van der Waals surface area contributed by atoms with E-state index in [1.165, 1.54) is 19.2 Å². The minimum absolute atomic E-state index is 0.0459. The van der Waals surface area contributed by atoms with Crippen molar-refractivity contribution in [3.8, 4) is 0 Å². The molecule has 2 aliphatic heterocycles. The summed E-state index contributed by atoms with van der Waals surface area (Å²) >= 11 is 0. The second kappa shape index (κ2) is 6.66. The van der Waals surface area contributed by atoms with Crippen LogP contribution in [0.3, 0.4) is 0 Å². The van der Waals surface area contributed by atoms with Crippen molar-refractivity contribution in [1.29, 1.82) is 0 Å². The van der Waals surface area contributed by atoms with Gasteiger partial charge in [0.1, 0.15) is 12.4 Å². The maximum absolute atomic E-state index is 14.3. The van der Waals surface area contributed by atoms with Gasteiger partial charge in [0.15, 0.2) is 0 Å². The van der Waals surface area contributed by atoms with Crippen LogP contribution in [-0.4, -0.2) is 32.3 Å². The molecule has 1 N–H and O–H groups in total. The number of rotatable bonds is 4. The van der Waals surface area contributed by atoms with E-state index in [9.17, 15) is 18.4 Å². The fourth-order valence-corrected chi connectivity index (χ4v) is 3.36. The lowest BCUT2D eigenvalue weighted by atomic mass is 9.78. The lowest BCUT2D eigenvalue weighted by molar-refractivity contribution is -0.136. The molecule has 2 aliphatic rings. The van der Waals surface area contributed by atoms with Crippen LogP contribution in [0.15, 0.2) is 40.7 Å². The van der Waals surface area contributed by atoms with Crippen molar-refractivity contribution in [3.63, 3.8) is 0 Å². The van der Waals surface area contributed by atoms with E-state index in [0.717, 1.165) is 0 Å². The Morgan fingerprint density at radius 2 is 2.20 bits per heavy atom. The van der Waals surface area contributed by atoms with Gasteiger partial charge in [-0.3, -0.25) is 4.39 Å². The number of hydrogen-bond donors (Lipinski definition) is 1. The number of cyclic esters (lactones) is 1. The molecule has 132 valence electrons. The number of carbonyl (C=O) groups is 2. The van der Waals surface area contributed by atoms with Gasteiger partial charge in [0.2, 0.25) is 0 Å². The van der Waals surface area contributed by atoms with Crippen LogP contribution in [0.2, 0.25) is 0 Å². The number of dihydropyridines is 1. The summed E-state index contributed by atoms with van der Waals surface area (Å²) in [5.74, 6) is -2.67. The summed E-state index contributed by atoms with van der Waals surface area (Å²) in [5, 5.41) is 2.98. The Balaban J connectivity index is 2.24. The Bertz CT molecular complexity index is 813. The highest BCUT2D eigenvalue weighted by Gasteiger charge is 2.42. The highest BCUT2D eigenvalue weighted by Crippen LogP contribution is 2.42. The predicted molar refractivity (Wildman–Crippen MR) is 84.7 cm³/mol. The van der Waals surface area contributed by atoms with Gasteiger partial charge in [-0.05, 0) is 24.1 Å². The molecule has 1 aromatic carbocycles. The smallest absolute Gasteiger partial charge is 0.337 e. The summed E-state index contributed by atoms with van der Waals surface area (Å²) in [5.41, 5.74) is 1.94. The third kappa shape index (κ3) is 2.79. The second-order valence-corrected chi connectivity index (χ2v) is 5.80. The molecule has 0 amide bonds. The van der Waals surface area contributed by atoms with Crippen LogP contribution >= 0.6 is 0 Å². The van der Waals surface area contributed by atoms with Crippen molar-refractivity contribution in [2.75, 3.05) is 20.4 Å². The average molecular weight is 349 g/mol. The molecule has 0 fully saturated rings. The first kappa shape index (κ1) is 17.1. The van der Waals surface area contributed by atoms with E-state index in [2.05, 4.69) is 5.32 Å². The molecule has 0 spiro atoms. The largest absolute Gasteiger partial charge is 0.466 e. The van der Waals surface area contributed by atoms with Crippen molar-refractivity contribution in [1.82, 2.24) is 5.32 Å². The number of halogens is 2. The van der Waals surface area contributed by atoms with E-state index in [4.69, 9.17) is 9.47 Å². The molecule has 0 bridgehead atoms. The molecule has 2 heterocycles. The molecule has 0 aliphatic carbocycles. The monoisotopic (exact) mass is 349 g/mol. The molecule has 1 atom stereocenters. The van der Waals surface area contributed by atoms with Gasteiger partial charge in [-0.25, -0.2) is 14.0 Å². The van der Waals surface area contributed by atoms with Gasteiger partial charge in [0.05, 0.1) is 36.5 Å². The summed E-state index contributed by atoms with van der Waals surface area (Å²) < 4.78 is 37.2. The standard InChI is InChI=1S/C18H17F2NO4/c1-9-14(17(22)24-2)15(16-13(21-9)8-25-18(16)23)11-4-3-5-12(20)10(11)6-7-19/h3-5,15,21H,6-8H2,1-2H3/t15-/m0/s1. The van der Waals surface area contributed by atoms with Gasteiger partial charge in [0, 0.05) is 12.1 Å². The molecule has 7 heteroatoms. The summed E-state index contributed by atoms with van der Waals surface area (Å²) in [6.07, 6.45) is -0.156. The number of ether oxygens (including phenoxy) is 2. The van der Waals surface area contributed by atoms with Crippen molar-refractivity contribution in [2.24, 2.45) is 0 Å². The normalized spacial score (nSPS) is 19.5. The highest BCUT2D eigenvalue weighted by atomic mass is 19.1. The van der Waals surface area contributed by atoms with Crippen LogP contribution < -0.4 is 5.32 Å². The molecule has 25 heavy (non-hydrogen) atoms. The maximum atomic E-state index is 14.3. The maximum Gasteiger partial charge on any atom is 0.337 e. The molecule has 0 saturated carbocycles. The average Bonchev–Trinajstić information content (AvgIpc) is 2.95. The fraction of sp³-hybridized carbons (Fsp3) is 0.333. The van der Waals surface area contributed by atoms with Gasteiger partial charge >= 0.3 is 11.9 Å². The molecule has 3 rings (SSSR count). The van der Waals surface area contributed by atoms with Gasteiger partial charge in [0.25, 0.3) is 0 Å². The zero-order valence-electron chi connectivity index (χ0n) is 13.8. The molecule has 0 unspecified atom stereocenters. The second-order valence-electron chi connectivity index (χ2n) is 5.80. The Kier molecular flexibility index (Phi) is 4.57. The summed E-state index contributed by atoms with van der Waals surface area (Å²) in [6, 6.07) is 4.29. The zero-order valence-corrected chi connectivity index (χ0v) is 13.8. The summed E-state index contributed by atoms with van der Waals surface area (Å²) in [6.45, 7) is 0.954. The van der Waals surface area contributed by atoms with E-state index >= 15 is 0 Å². The van der Waals surface area contributed by atoms with Crippen LogP contribution in [0.5, 0.6) is 0 Å². The number of esters is 2. The Hall–Kier alpha value is -2.70. The lowest BCUT2D eigenvalue weighted by Crippen LogP contribution is -2.30. The van der Waals surface area contributed by atoms with Crippen LogP contribution in [0, 0.1) is 5.82 Å². The van der Waals surface area contributed by atoms with Gasteiger partial charge in [-0.2, -0.15) is 0 Å². The number of hydrogen-bond acceptors (Lipinski definition) is 5. The zero-order chi connectivity index (χ0) is 18.1. The summed E-state index contributed by atoms with van der Waals surface area (Å²) in [4.78, 5) is 24.6. The van der Waals surface area contributed by atoms with E-state index in [-0.39, 0.29) is 29.7 Å². The van der Waals surface area contributed by atoms with Crippen LogP contribution in [0.25, 0.3) is 0 Å². The molecule has 0 radical (unpaired) electrons. The minimum Gasteiger partial charge on any atom is -0.466 e. The van der Waals surface area contributed by atoms with Gasteiger partial charge in [-0.15, -0.1) is 0 Å². The van der Waals surface area contributed by atoms with E-state index in [0.29, 0.717) is 17.0 Å². The van der Waals surface area contributed by atoms with Crippen molar-refractivity contribution in [3.05, 3.63) is 57.7 Å². The van der Waals surface area contributed by atoms with Crippen LogP contribution in [-0.2, 0) is 25.5 Å². The van der Waals surface area contributed by atoms with E-state index in [1.54, 1.807) is 13.0 Å².